The van der Waals surface area contributed by atoms with Crippen molar-refractivity contribution in [1.82, 2.24) is 0 Å². The van der Waals surface area contributed by atoms with Crippen LogP contribution in [0.5, 0.6) is 0 Å². The Kier molecular flexibility index (Phi) is 3.47. The molecule has 0 aliphatic carbocycles. The standard InChI is InChI=1S/C10H11NSSe/c1-2-5-9(6-3-1)11-10-12-7-4-8-13-10/h1-3,5-6H,4,7-8H2. The summed E-state index contributed by atoms with van der Waals surface area (Å²) >= 11 is 2.57. The van der Waals surface area contributed by atoms with Crippen LogP contribution in [0.2, 0.25) is 5.32 Å². The van der Waals surface area contributed by atoms with Crippen LogP contribution in [-0.4, -0.2) is 24.7 Å². The molecule has 13 heavy (non-hydrogen) atoms. The fourth-order valence-electron chi connectivity index (χ4n) is 1.09. The average Bonchev–Trinajstić information content (AvgIpc) is 2.21. The summed E-state index contributed by atoms with van der Waals surface area (Å²) in [5, 5.41) is 1.37. The molecule has 1 nitrogen and oxygen atoms in total. The molecule has 1 saturated heterocycles. The molecule has 1 aliphatic rings. The monoisotopic (exact) mass is 257 g/mol. The molecule has 68 valence electrons. The predicted octanol–water partition coefficient (Wildman–Crippen LogP) is 2.93. The van der Waals surface area contributed by atoms with E-state index in [9.17, 15) is 0 Å². The minimum atomic E-state index is 0.638. The summed E-state index contributed by atoms with van der Waals surface area (Å²) in [4.78, 5) is 4.63. The van der Waals surface area contributed by atoms with Gasteiger partial charge in [0.2, 0.25) is 0 Å². The van der Waals surface area contributed by atoms with E-state index in [2.05, 4.69) is 17.1 Å². The number of nitrogens with zero attached hydrogens (tertiary/aromatic N) is 1. The molecule has 2 rings (SSSR count). The topological polar surface area (TPSA) is 12.4 Å². The van der Waals surface area contributed by atoms with Crippen LogP contribution in [-0.2, 0) is 0 Å². The summed E-state index contributed by atoms with van der Waals surface area (Å²) in [7, 11) is 0. The van der Waals surface area contributed by atoms with Gasteiger partial charge in [-0.25, -0.2) is 0 Å². The molecule has 0 unspecified atom stereocenters. The normalized spacial score (nSPS) is 20.5. The molecule has 0 N–H and O–H groups in total. The molecule has 1 aromatic rings. The van der Waals surface area contributed by atoms with Crippen LogP contribution in [0.4, 0.5) is 5.69 Å². The van der Waals surface area contributed by atoms with E-state index < -0.39 is 0 Å². The van der Waals surface area contributed by atoms with Crippen molar-refractivity contribution in [1.29, 1.82) is 0 Å². The van der Waals surface area contributed by atoms with Gasteiger partial charge in [0.25, 0.3) is 0 Å². The molecule has 0 saturated carbocycles. The third-order valence-corrected chi connectivity index (χ3v) is 5.65. The second-order valence-electron chi connectivity index (χ2n) is 2.76. The summed E-state index contributed by atoms with van der Waals surface area (Å²) in [6, 6.07) is 10.2. The molecule has 0 amide bonds. The summed E-state index contributed by atoms with van der Waals surface area (Å²) in [5.74, 6) is 1.26. The predicted molar refractivity (Wildman–Crippen MR) is 61.2 cm³/mol. The van der Waals surface area contributed by atoms with Crippen molar-refractivity contribution in [3.05, 3.63) is 30.3 Å². The van der Waals surface area contributed by atoms with Gasteiger partial charge in [-0.3, -0.25) is 0 Å². The maximum atomic E-state index is 4.63. The fourth-order valence-corrected chi connectivity index (χ4v) is 5.03. The van der Waals surface area contributed by atoms with Crippen molar-refractivity contribution in [3.63, 3.8) is 0 Å². The number of hydrogen-bond donors (Lipinski definition) is 0. The second-order valence-corrected chi connectivity index (χ2v) is 6.70. The maximum absolute atomic E-state index is 4.63. The first kappa shape index (κ1) is 9.32. The Bertz CT molecular complexity index is 289. The first-order chi connectivity index (χ1) is 6.45. The Morgan fingerprint density at radius 1 is 1.23 bits per heavy atom. The third-order valence-electron chi connectivity index (χ3n) is 1.72. The van der Waals surface area contributed by atoms with Crippen LogP contribution in [0.25, 0.3) is 0 Å². The third kappa shape index (κ3) is 2.87. The van der Waals surface area contributed by atoms with Gasteiger partial charge < -0.3 is 0 Å². The van der Waals surface area contributed by atoms with E-state index in [0.29, 0.717) is 15.0 Å². The number of aliphatic imine (C=N–C) groups is 1. The summed E-state index contributed by atoms with van der Waals surface area (Å²) in [6.45, 7) is 0. The van der Waals surface area contributed by atoms with Gasteiger partial charge in [-0.15, -0.1) is 0 Å². The van der Waals surface area contributed by atoms with Crippen LogP contribution in [0.1, 0.15) is 6.42 Å². The molecular weight excluding hydrogens is 245 g/mol. The first-order valence-electron chi connectivity index (χ1n) is 4.34. The van der Waals surface area contributed by atoms with Crippen molar-refractivity contribution in [3.8, 4) is 0 Å². The molecular formula is C10H11NSSe. The number of para-hydroxylation sites is 1. The molecule has 1 aliphatic heterocycles. The van der Waals surface area contributed by atoms with Crippen molar-refractivity contribution in [2.75, 3.05) is 5.75 Å². The zero-order valence-corrected chi connectivity index (χ0v) is 9.80. The average molecular weight is 256 g/mol. The van der Waals surface area contributed by atoms with Crippen LogP contribution in [0.3, 0.4) is 0 Å². The Morgan fingerprint density at radius 2 is 2.08 bits per heavy atom. The molecule has 1 fully saturated rings. The molecule has 0 spiro atoms. The van der Waals surface area contributed by atoms with Gasteiger partial charge in [-0.2, -0.15) is 0 Å². The van der Waals surface area contributed by atoms with E-state index in [4.69, 9.17) is 0 Å². The first-order valence-corrected chi connectivity index (χ1v) is 7.40. The molecule has 0 atom stereocenters. The zero-order chi connectivity index (χ0) is 8.93. The van der Waals surface area contributed by atoms with Crippen LogP contribution in [0.15, 0.2) is 35.3 Å². The molecule has 3 heteroatoms. The van der Waals surface area contributed by atoms with E-state index in [1.807, 2.05) is 30.0 Å². The summed E-state index contributed by atoms with van der Waals surface area (Å²) < 4.78 is 1.37. The van der Waals surface area contributed by atoms with E-state index in [1.54, 1.807) is 0 Å². The Hall–Kier alpha value is -0.241. The second kappa shape index (κ2) is 4.85. The molecule has 1 heterocycles. The Labute approximate surface area is 89.2 Å². The quantitative estimate of drug-likeness (QED) is 0.704. The van der Waals surface area contributed by atoms with Gasteiger partial charge in [0.15, 0.2) is 0 Å². The van der Waals surface area contributed by atoms with Crippen LogP contribution >= 0.6 is 11.8 Å². The zero-order valence-electron chi connectivity index (χ0n) is 7.27. The van der Waals surface area contributed by atoms with E-state index >= 15 is 0 Å². The number of thioether (sulfide) groups is 1. The van der Waals surface area contributed by atoms with Gasteiger partial charge in [0.05, 0.1) is 0 Å². The van der Waals surface area contributed by atoms with Crippen LogP contribution in [0, 0.1) is 0 Å². The minimum absolute atomic E-state index is 0.638. The van der Waals surface area contributed by atoms with Gasteiger partial charge in [-0.1, -0.05) is 0 Å². The molecule has 1 aromatic carbocycles. The summed E-state index contributed by atoms with van der Waals surface area (Å²) in [6.07, 6.45) is 1.37. The van der Waals surface area contributed by atoms with Crippen molar-refractivity contribution in [2.24, 2.45) is 4.99 Å². The molecule has 0 aromatic heterocycles. The Morgan fingerprint density at radius 3 is 2.77 bits per heavy atom. The molecule has 0 radical (unpaired) electrons. The number of rotatable bonds is 1. The summed E-state index contributed by atoms with van der Waals surface area (Å²) in [5.41, 5.74) is 1.11. The molecule has 0 bridgehead atoms. The van der Waals surface area contributed by atoms with Gasteiger partial charge in [-0.05, 0) is 0 Å². The van der Waals surface area contributed by atoms with E-state index in [1.165, 1.54) is 21.4 Å². The van der Waals surface area contributed by atoms with Gasteiger partial charge in [0, 0.05) is 0 Å². The Balaban J connectivity index is 2.10. The van der Waals surface area contributed by atoms with Crippen LogP contribution < -0.4 is 0 Å². The van der Waals surface area contributed by atoms with Crippen molar-refractivity contribution in [2.45, 2.75) is 11.7 Å². The SMILES string of the molecule is c1ccc(N=C2SCCC[Se]2)cc1. The fraction of sp³-hybridized carbons (Fsp3) is 0.300. The number of benzene rings is 1. The van der Waals surface area contributed by atoms with E-state index in [0.717, 1.165) is 5.69 Å². The van der Waals surface area contributed by atoms with Gasteiger partial charge >= 0.3 is 89.2 Å². The van der Waals surface area contributed by atoms with E-state index in [-0.39, 0.29) is 0 Å². The van der Waals surface area contributed by atoms with Crippen molar-refractivity contribution < 1.29 is 0 Å². The van der Waals surface area contributed by atoms with Gasteiger partial charge in [0.1, 0.15) is 0 Å². The van der Waals surface area contributed by atoms with Crippen molar-refractivity contribution >= 4 is 36.3 Å². The number of hydrogen-bond acceptors (Lipinski definition) is 2.